The molecule has 1 aliphatic heterocycles. The molecule has 5 nitrogen and oxygen atoms in total. The molecule has 3 rings (SSSR count). The molecule has 0 unspecified atom stereocenters. The van der Waals surface area contributed by atoms with Gasteiger partial charge in [-0.3, -0.25) is 9.59 Å². The first kappa shape index (κ1) is 18.3. The number of amides is 2. The Kier molecular flexibility index (Phi) is 5.47. The minimum atomic E-state index is -0.423. The molecule has 1 fully saturated rings. The highest BCUT2D eigenvalue weighted by Crippen LogP contribution is 2.25. The lowest BCUT2D eigenvalue weighted by atomic mass is 10.2. The van der Waals surface area contributed by atoms with Gasteiger partial charge in [-0.05, 0) is 62.2 Å². The van der Waals surface area contributed by atoms with Gasteiger partial charge in [0.2, 0.25) is 11.8 Å². The molecule has 2 aromatic carbocycles. The largest absolute Gasteiger partial charge is 0.374 e. The van der Waals surface area contributed by atoms with E-state index in [4.69, 9.17) is 11.6 Å². The van der Waals surface area contributed by atoms with Gasteiger partial charge in [0.1, 0.15) is 6.04 Å². The Morgan fingerprint density at radius 3 is 2.58 bits per heavy atom. The van der Waals surface area contributed by atoms with Gasteiger partial charge in [0.25, 0.3) is 0 Å². The second-order valence-corrected chi connectivity index (χ2v) is 6.87. The summed E-state index contributed by atoms with van der Waals surface area (Å²) in [6.45, 7) is 4.44. The first-order valence-corrected chi connectivity index (χ1v) is 9.06. The van der Waals surface area contributed by atoms with E-state index in [9.17, 15) is 9.59 Å². The van der Waals surface area contributed by atoms with Crippen molar-refractivity contribution in [3.63, 3.8) is 0 Å². The van der Waals surface area contributed by atoms with Crippen LogP contribution < -0.4 is 15.5 Å². The van der Waals surface area contributed by atoms with Crippen LogP contribution in [0, 0.1) is 6.92 Å². The summed E-state index contributed by atoms with van der Waals surface area (Å²) in [7, 11) is 0. The van der Waals surface area contributed by atoms with Crippen molar-refractivity contribution in [3.8, 4) is 0 Å². The zero-order valence-electron chi connectivity index (χ0n) is 14.9. The van der Waals surface area contributed by atoms with Crippen LogP contribution in [-0.2, 0) is 9.59 Å². The number of carbonyl (C=O) groups excluding carboxylic acids is 2. The molecular formula is C20H22ClN3O2. The van der Waals surface area contributed by atoms with Gasteiger partial charge in [0.05, 0.1) is 0 Å². The molecule has 0 aliphatic carbocycles. The van der Waals surface area contributed by atoms with Gasteiger partial charge in [-0.1, -0.05) is 17.7 Å². The van der Waals surface area contributed by atoms with Crippen molar-refractivity contribution >= 4 is 40.5 Å². The molecular weight excluding hydrogens is 350 g/mol. The van der Waals surface area contributed by atoms with Crippen molar-refractivity contribution in [2.75, 3.05) is 22.1 Å². The first-order valence-electron chi connectivity index (χ1n) is 8.68. The molecule has 2 amide bonds. The molecule has 1 aliphatic rings. The van der Waals surface area contributed by atoms with Gasteiger partial charge >= 0.3 is 0 Å². The molecule has 1 saturated heterocycles. The Hall–Kier alpha value is -2.53. The number of rotatable bonds is 5. The number of carbonyl (C=O) groups is 2. The smallest absolute Gasteiger partial charge is 0.246 e. The third-order valence-electron chi connectivity index (χ3n) is 4.55. The molecule has 1 atom stereocenters. The van der Waals surface area contributed by atoms with E-state index in [1.54, 1.807) is 24.0 Å². The number of anilines is 3. The normalized spacial score (nSPS) is 15.0. The molecule has 6 heteroatoms. The van der Waals surface area contributed by atoms with Crippen LogP contribution in [0.2, 0.25) is 5.02 Å². The van der Waals surface area contributed by atoms with E-state index in [1.165, 1.54) is 0 Å². The molecule has 2 N–H and O–H groups in total. The topological polar surface area (TPSA) is 61.4 Å². The van der Waals surface area contributed by atoms with Crippen LogP contribution in [0.5, 0.6) is 0 Å². The van der Waals surface area contributed by atoms with Crippen LogP contribution in [0.1, 0.15) is 25.3 Å². The van der Waals surface area contributed by atoms with Gasteiger partial charge in [-0.25, -0.2) is 0 Å². The summed E-state index contributed by atoms with van der Waals surface area (Å²) in [6, 6.07) is 12.6. The second-order valence-electron chi connectivity index (χ2n) is 6.46. The standard InChI is InChI=1S/C20H22ClN3O2/c1-13-17(21)5-3-6-18(13)23-20(26)14(2)22-15-8-10-16(11-9-15)24-12-4-7-19(24)25/h3,5-6,8-11,14,22H,4,7,12H2,1-2H3,(H,23,26)/t14-/m0/s1. The summed E-state index contributed by atoms with van der Waals surface area (Å²) in [4.78, 5) is 26.0. The minimum Gasteiger partial charge on any atom is -0.374 e. The lowest BCUT2D eigenvalue weighted by Gasteiger charge is -2.19. The van der Waals surface area contributed by atoms with Crippen LogP contribution in [-0.4, -0.2) is 24.4 Å². The maximum absolute atomic E-state index is 12.4. The number of hydrogen-bond donors (Lipinski definition) is 2. The minimum absolute atomic E-state index is 0.144. The Morgan fingerprint density at radius 1 is 1.19 bits per heavy atom. The zero-order chi connectivity index (χ0) is 18.7. The Balaban J connectivity index is 1.62. The molecule has 0 saturated carbocycles. The predicted octanol–water partition coefficient (Wildman–Crippen LogP) is 4.21. The van der Waals surface area contributed by atoms with Gasteiger partial charge < -0.3 is 15.5 Å². The SMILES string of the molecule is Cc1c(Cl)cccc1NC(=O)[C@H](C)Nc1ccc(N2CCCC2=O)cc1. The van der Waals surface area contributed by atoms with E-state index in [0.29, 0.717) is 17.1 Å². The second kappa shape index (κ2) is 7.79. The fourth-order valence-corrected chi connectivity index (χ4v) is 3.13. The summed E-state index contributed by atoms with van der Waals surface area (Å²) in [5.74, 6) is 0.0181. The van der Waals surface area contributed by atoms with E-state index < -0.39 is 6.04 Å². The summed E-state index contributed by atoms with van der Waals surface area (Å²) in [6.07, 6.45) is 1.51. The van der Waals surface area contributed by atoms with Crippen LogP contribution >= 0.6 is 11.6 Å². The fraction of sp³-hybridized carbons (Fsp3) is 0.300. The third kappa shape index (κ3) is 3.99. The van der Waals surface area contributed by atoms with E-state index in [1.807, 2.05) is 37.3 Å². The highest BCUT2D eigenvalue weighted by molar-refractivity contribution is 6.31. The van der Waals surface area contributed by atoms with Gasteiger partial charge in [-0.15, -0.1) is 0 Å². The summed E-state index contributed by atoms with van der Waals surface area (Å²) in [5, 5.41) is 6.69. The van der Waals surface area contributed by atoms with Gasteiger partial charge in [0, 0.05) is 35.1 Å². The van der Waals surface area contributed by atoms with Crippen molar-refractivity contribution in [2.45, 2.75) is 32.7 Å². The maximum Gasteiger partial charge on any atom is 0.246 e. The molecule has 1 heterocycles. The monoisotopic (exact) mass is 371 g/mol. The predicted molar refractivity (Wildman–Crippen MR) is 106 cm³/mol. The lowest BCUT2D eigenvalue weighted by Crippen LogP contribution is -2.32. The molecule has 0 radical (unpaired) electrons. The van der Waals surface area contributed by atoms with Crippen LogP contribution in [0.25, 0.3) is 0 Å². The Morgan fingerprint density at radius 2 is 1.92 bits per heavy atom. The number of halogens is 1. The fourth-order valence-electron chi connectivity index (χ4n) is 2.96. The average Bonchev–Trinajstić information content (AvgIpc) is 3.05. The Bertz CT molecular complexity index is 820. The number of nitrogens with one attached hydrogen (secondary N) is 2. The number of hydrogen-bond acceptors (Lipinski definition) is 3. The van der Waals surface area contributed by atoms with Crippen LogP contribution in [0.3, 0.4) is 0 Å². The van der Waals surface area contributed by atoms with Crippen LogP contribution in [0.15, 0.2) is 42.5 Å². The van der Waals surface area contributed by atoms with Gasteiger partial charge in [0.15, 0.2) is 0 Å². The van der Waals surface area contributed by atoms with Crippen molar-refractivity contribution in [1.29, 1.82) is 0 Å². The van der Waals surface area contributed by atoms with E-state index in [0.717, 1.165) is 29.9 Å². The molecule has 136 valence electrons. The molecule has 2 aromatic rings. The summed E-state index contributed by atoms with van der Waals surface area (Å²) < 4.78 is 0. The molecule has 0 bridgehead atoms. The van der Waals surface area contributed by atoms with Gasteiger partial charge in [-0.2, -0.15) is 0 Å². The summed E-state index contributed by atoms with van der Waals surface area (Å²) in [5.41, 5.74) is 3.27. The number of benzene rings is 2. The molecule has 0 spiro atoms. The van der Waals surface area contributed by atoms with E-state index >= 15 is 0 Å². The van der Waals surface area contributed by atoms with Crippen molar-refractivity contribution in [2.24, 2.45) is 0 Å². The Labute approximate surface area is 158 Å². The number of nitrogens with zero attached hydrogens (tertiary/aromatic N) is 1. The highest BCUT2D eigenvalue weighted by atomic mass is 35.5. The van der Waals surface area contributed by atoms with Crippen molar-refractivity contribution in [3.05, 3.63) is 53.1 Å². The maximum atomic E-state index is 12.4. The highest BCUT2D eigenvalue weighted by Gasteiger charge is 2.21. The average molecular weight is 372 g/mol. The third-order valence-corrected chi connectivity index (χ3v) is 4.96. The first-order chi connectivity index (χ1) is 12.5. The summed E-state index contributed by atoms with van der Waals surface area (Å²) >= 11 is 6.09. The van der Waals surface area contributed by atoms with E-state index in [2.05, 4.69) is 10.6 Å². The van der Waals surface area contributed by atoms with Crippen molar-refractivity contribution in [1.82, 2.24) is 0 Å². The lowest BCUT2D eigenvalue weighted by molar-refractivity contribution is -0.117. The van der Waals surface area contributed by atoms with E-state index in [-0.39, 0.29) is 11.8 Å². The quantitative estimate of drug-likeness (QED) is 0.827. The molecule has 26 heavy (non-hydrogen) atoms. The zero-order valence-corrected chi connectivity index (χ0v) is 15.6. The van der Waals surface area contributed by atoms with Crippen molar-refractivity contribution < 1.29 is 9.59 Å². The van der Waals surface area contributed by atoms with Crippen LogP contribution in [0.4, 0.5) is 17.1 Å². The molecule has 0 aromatic heterocycles.